The number of rotatable bonds is 9. The fourth-order valence-electron chi connectivity index (χ4n) is 2.89. The number of ether oxygens (including phenoxy) is 1. The summed E-state index contributed by atoms with van der Waals surface area (Å²) in [4.78, 5) is 18.9. The quantitative estimate of drug-likeness (QED) is 0.291. The molecule has 12 heteroatoms. The van der Waals surface area contributed by atoms with Gasteiger partial charge in [-0.2, -0.15) is 0 Å². The Kier molecular flexibility index (Phi) is 7.19. The van der Waals surface area contributed by atoms with Crippen LogP contribution in [0, 0.1) is 0 Å². The Balaban J connectivity index is 1.95. The standard InChI is InChI=1S/C18H23B2FN6OS2/c1-2-3-11-15(18(19,20)30-17-25-12(22)9-13(23)26-17)27-16(29-11)10-4-6-24-14(8-10)28-7-5-21/h4,6,8-9H,2-3,5,7,19-20H2,1H3,(H4,22,23,25,26). The van der Waals surface area contributed by atoms with Gasteiger partial charge in [-0.25, -0.2) is 24.3 Å². The highest BCUT2D eigenvalue weighted by Gasteiger charge is 2.30. The number of nitrogen functional groups attached to an aromatic ring is 2. The molecule has 3 aromatic rings. The average Bonchev–Trinajstić information content (AvgIpc) is 3.11. The smallest absolute Gasteiger partial charge is 0.213 e. The second-order valence-corrected chi connectivity index (χ2v) is 9.75. The van der Waals surface area contributed by atoms with Crippen molar-refractivity contribution < 1.29 is 9.13 Å². The van der Waals surface area contributed by atoms with Crippen LogP contribution in [0.2, 0.25) is 0 Å². The molecule has 4 N–H and O–H groups in total. The molecule has 0 saturated heterocycles. The zero-order chi connectivity index (χ0) is 21.7. The summed E-state index contributed by atoms with van der Waals surface area (Å²) >= 11 is 3.11. The summed E-state index contributed by atoms with van der Waals surface area (Å²) in [6.45, 7) is 1.56. The minimum Gasteiger partial charge on any atom is -0.475 e. The summed E-state index contributed by atoms with van der Waals surface area (Å²) in [5, 5.41) is 1.38. The van der Waals surface area contributed by atoms with Crippen molar-refractivity contribution in [1.29, 1.82) is 0 Å². The van der Waals surface area contributed by atoms with Gasteiger partial charge in [-0.05, 0) is 12.5 Å². The van der Waals surface area contributed by atoms with Gasteiger partial charge in [0.2, 0.25) is 5.88 Å². The van der Waals surface area contributed by atoms with Crippen LogP contribution in [0.15, 0.2) is 29.6 Å². The SMILES string of the molecule is BC(B)(Sc1nc(N)cc(N)n1)c1nc(-c2ccnc(OCCF)c2)sc1CCC. The number of aryl methyl sites for hydroxylation is 1. The third-order valence-corrected chi connectivity index (χ3v) is 6.38. The van der Waals surface area contributed by atoms with Crippen LogP contribution < -0.4 is 16.2 Å². The van der Waals surface area contributed by atoms with E-state index in [1.165, 1.54) is 22.7 Å². The minimum atomic E-state index is -0.560. The Morgan fingerprint density at radius 3 is 2.60 bits per heavy atom. The third kappa shape index (κ3) is 5.42. The number of halogens is 1. The first-order valence-electron chi connectivity index (χ1n) is 9.56. The van der Waals surface area contributed by atoms with Crippen LogP contribution in [0.3, 0.4) is 0 Å². The van der Waals surface area contributed by atoms with E-state index in [2.05, 4.69) is 37.6 Å². The molecule has 0 fully saturated rings. The summed E-state index contributed by atoms with van der Waals surface area (Å²) in [5.41, 5.74) is 13.5. The van der Waals surface area contributed by atoms with Crippen LogP contribution in [0.4, 0.5) is 16.0 Å². The van der Waals surface area contributed by atoms with E-state index in [0.717, 1.165) is 29.1 Å². The Morgan fingerprint density at radius 2 is 1.93 bits per heavy atom. The minimum absolute atomic E-state index is 0.0202. The molecule has 0 spiro atoms. The van der Waals surface area contributed by atoms with Crippen molar-refractivity contribution in [3.63, 3.8) is 0 Å². The van der Waals surface area contributed by atoms with E-state index < -0.39 is 11.2 Å². The molecule has 0 unspecified atom stereocenters. The second kappa shape index (κ2) is 9.65. The maximum atomic E-state index is 12.4. The predicted molar refractivity (Wildman–Crippen MR) is 126 cm³/mol. The van der Waals surface area contributed by atoms with Crippen molar-refractivity contribution in [2.75, 3.05) is 24.7 Å². The number of alkyl halides is 1. The van der Waals surface area contributed by atoms with Crippen molar-refractivity contribution in [2.24, 2.45) is 0 Å². The van der Waals surface area contributed by atoms with Crippen molar-refractivity contribution in [3.8, 4) is 16.5 Å². The summed E-state index contributed by atoms with van der Waals surface area (Å²) in [6.07, 6.45) is 3.55. The molecular weight excluding hydrogens is 421 g/mol. The number of anilines is 2. The molecule has 3 rings (SSSR count). The monoisotopic (exact) mass is 444 g/mol. The lowest BCUT2D eigenvalue weighted by Gasteiger charge is -2.23. The van der Waals surface area contributed by atoms with Gasteiger partial charge in [0.15, 0.2) is 5.16 Å². The van der Waals surface area contributed by atoms with E-state index in [-0.39, 0.29) is 6.61 Å². The second-order valence-electron chi connectivity index (χ2n) is 7.07. The molecule has 0 aromatic carbocycles. The average molecular weight is 444 g/mol. The zero-order valence-electron chi connectivity index (χ0n) is 17.2. The van der Waals surface area contributed by atoms with Gasteiger partial charge in [0.25, 0.3) is 0 Å². The largest absolute Gasteiger partial charge is 0.475 e. The number of hydrogen-bond donors (Lipinski definition) is 2. The molecule has 30 heavy (non-hydrogen) atoms. The van der Waals surface area contributed by atoms with E-state index in [1.54, 1.807) is 23.6 Å². The Labute approximate surface area is 185 Å². The molecule has 0 amide bonds. The van der Waals surface area contributed by atoms with Crippen molar-refractivity contribution >= 4 is 50.4 Å². The Bertz CT molecular complexity index is 1000. The lowest BCUT2D eigenvalue weighted by molar-refractivity contribution is 0.264. The fraction of sp³-hybridized carbons (Fsp3) is 0.333. The fourth-order valence-corrected chi connectivity index (χ4v) is 5.30. The van der Waals surface area contributed by atoms with E-state index >= 15 is 0 Å². The van der Waals surface area contributed by atoms with Gasteiger partial charge in [0.1, 0.15) is 45.6 Å². The topological polar surface area (TPSA) is 113 Å². The first kappa shape index (κ1) is 22.4. The molecule has 0 radical (unpaired) electrons. The molecule has 3 heterocycles. The van der Waals surface area contributed by atoms with Crippen LogP contribution in [0.25, 0.3) is 10.6 Å². The van der Waals surface area contributed by atoms with E-state index in [1.807, 2.05) is 6.07 Å². The number of pyridine rings is 1. The van der Waals surface area contributed by atoms with Gasteiger partial charge >= 0.3 is 0 Å². The molecular formula is C18H23B2FN6OS2. The molecule has 0 atom stereocenters. The van der Waals surface area contributed by atoms with E-state index in [0.29, 0.717) is 22.7 Å². The number of aromatic nitrogens is 4. The molecule has 7 nitrogen and oxygen atoms in total. The van der Waals surface area contributed by atoms with Crippen molar-refractivity contribution in [1.82, 2.24) is 19.9 Å². The van der Waals surface area contributed by atoms with Crippen LogP contribution in [0.5, 0.6) is 5.88 Å². The maximum absolute atomic E-state index is 12.4. The Morgan fingerprint density at radius 1 is 1.20 bits per heavy atom. The highest BCUT2D eigenvalue weighted by atomic mass is 32.2. The highest BCUT2D eigenvalue weighted by Crippen LogP contribution is 2.41. The first-order chi connectivity index (χ1) is 14.3. The maximum Gasteiger partial charge on any atom is 0.213 e. The molecule has 3 aromatic heterocycles. The summed E-state index contributed by atoms with van der Waals surface area (Å²) < 4.78 is 17.3. The van der Waals surface area contributed by atoms with Gasteiger partial charge in [0, 0.05) is 33.3 Å². The van der Waals surface area contributed by atoms with Gasteiger partial charge in [-0.1, -0.05) is 25.1 Å². The number of thiazole rings is 1. The van der Waals surface area contributed by atoms with Gasteiger partial charge in [-0.3, -0.25) is 0 Å². The van der Waals surface area contributed by atoms with Gasteiger partial charge in [0.05, 0.1) is 5.69 Å². The van der Waals surface area contributed by atoms with Crippen LogP contribution in [0.1, 0.15) is 23.9 Å². The Hall–Kier alpha value is -2.33. The number of thioether (sulfide) groups is 1. The first-order valence-corrected chi connectivity index (χ1v) is 11.2. The lowest BCUT2D eigenvalue weighted by atomic mass is 9.67. The molecule has 156 valence electrons. The van der Waals surface area contributed by atoms with Crippen molar-refractivity contribution in [3.05, 3.63) is 35.0 Å². The summed E-state index contributed by atoms with van der Waals surface area (Å²) in [5.74, 6) is 1.06. The number of nitrogens with zero attached hydrogens (tertiary/aromatic N) is 4. The lowest BCUT2D eigenvalue weighted by Crippen LogP contribution is -2.25. The normalized spacial score (nSPS) is 11.5. The molecule has 0 aliphatic carbocycles. The molecule has 0 bridgehead atoms. The molecule has 0 saturated carbocycles. The highest BCUT2D eigenvalue weighted by molar-refractivity contribution is 8.02. The van der Waals surface area contributed by atoms with Crippen LogP contribution in [-0.2, 0) is 11.0 Å². The zero-order valence-corrected chi connectivity index (χ0v) is 18.8. The van der Waals surface area contributed by atoms with E-state index in [9.17, 15) is 4.39 Å². The summed E-state index contributed by atoms with van der Waals surface area (Å²) in [6, 6.07) is 5.20. The third-order valence-electron chi connectivity index (χ3n) is 4.15. The van der Waals surface area contributed by atoms with Gasteiger partial charge < -0.3 is 16.2 Å². The number of hydrogen-bond acceptors (Lipinski definition) is 9. The van der Waals surface area contributed by atoms with Crippen LogP contribution >= 0.6 is 23.1 Å². The molecule has 0 aliphatic heterocycles. The van der Waals surface area contributed by atoms with Gasteiger partial charge in [-0.15, -0.1) is 11.3 Å². The molecule has 0 aliphatic rings. The van der Waals surface area contributed by atoms with Crippen LogP contribution in [-0.4, -0.2) is 48.9 Å². The van der Waals surface area contributed by atoms with Crippen molar-refractivity contribution in [2.45, 2.75) is 29.5 Å². The number of nitrogens with two attached hydrogens (primary N) is 2. The predicted octanol–water partition coefficient (Wildman–Crippen LogP) is 1.63. The van der Waals surface area contributed by atoms with E-state index in [4.69, 9.17) is 21.2 Å². The summed E-state index contributed by atoms with van der Waals surface area (Å²) in [7, 11) is 4.17.